The molecule has 0 aliphatic heterocycles. The summed E-state index contributed by atoms with van der Waals surface area (Å²) in [5, 5.41) is 0.738. The van der Waals surface area contributed by atoms with Gasteiger partial charge in [-0.3, -0.25) is 14.3 Å². The highest BCUT2D eigenvalue weighted by Gasteiger charge is 2.36. The predicted octanol–water partition coefficient (Wildman–Crippen LogP) is 4.13. The third-order valence-electron chi connectivity index (χ3n) is 5.36. The van der Waals surface area contributed by atoms with Crippen LogP contribution in [0, 0.1) is 5.92 Å². The Hall–Kier alpha value is -2.40. The molecule has 1 amide bonds. The van der Waals surface area contributed by atoms with Crippen LogP contribution in [0.3, 0.4) is 0 Å². The number of amides is 1. The molecule has 0 radical (unpaired) electrons. The number of ether oxygens (including phenoxy) is 2. The molecule has 4 rings (SSSR count). The predicted molar refractivity (Wildman–Crippen MR) is 132 cm³/mol. The van der Waals surface area contributed by atoms with Crippen molar-refractivity contribution >= 4 is 54.4 Å². The Morgan fingerprint density at radius 2 is 1.97 bits per heavy atom. The fourth-order valence-corrected chi connectivity index (χ4v) is 4.73. The van der Waals surface area contributed by atoms with Crippen LogP contribution in [0.2, 0.25) is 5.02 Å². The van der Waals surface area contributed by atoms with Gasteiger partial charge >= 0.3 is 0 Å². The number of nitrogens with one attached hydrogen (secondary N) is 1. The average Bonchev–Trinajstić information content (AvgIpc) is 2.71. The van der Waals surface area contributed by atoms with Crippen LogP contribution >= 0.6 is 27.5 Å². The zero-order valence-electron chi connectivity index (χ0n) is 18.0. The molecule has 3 aromatic rings. The minimum absolute atomic E-state index is 0.137. The number of hydrogen-bond acceptors (Lipinski definition) is 7. The average molecular weight is 571 g/mol. The summed E-state index contributed by atoms with van der Waals surface area (Å²) in [7, 11) is -3.56. The van der Waals surface area contributed by atoms with Crippen LogP contribution in [0.4, 0.5) is 0 Å². The van der Waals surface area contributed by atoms with Crippen LogP contribution in [0.5, 0.6) is 5.75 Å². The highest BCUT2D eigenvalue weighted by molar-refractivity contribution is 9.10. The van der Waals surface area contributed by atoms with Gasteiger partial charge in [-0.15, -0.1) is 0 Å². The van der Waals surface area contributed by atoms with Gasteiger partial charge in [-0.2, -0.15) is 0 Å². The van der Waals surface area contributed by atoms with Crippen molar-refractivity contribution in [2.24, 2.45) is 5.92 Å². The number of hydrogen-bond donors (Lipinski definition) is 1. The first kappa shape index (κ1) is 24.7. The molecule has 1 saturated carbocycles. The second kappa shape index (κ2) is 10.1. The molecule has 1 aliphatic carbocycles. The molecule has 1 aliphatic rings. The van der Waals surface area contributed by atoms with E-state index >= 15 is 0 Å². The summed E-state index contributed by atoms with van der Waals surface area (Å²) in [5.41, 5.74) is 0.682. The molecule has 0 atom stereocenters. The number of carbonyl (C=O) groups is 1. The zero-order chi connectivity index (χ0) is 24.5. The molecule has 2 aromatic carbocycles. The van der Waals surface area contributed by atoms with Gasteiger partial charge in [-0.25, -0.2) is 8.42 Å². The Bertz CT molecular complexity index is 1400. The maximum atomic E-state index is 12.6. The van der Waals surface area contributed by atoms with Crippen molar-refractivity contribution < 1.29 is 27.1 Å². The summed E-state index contributed by atoms with van der Waals surface area (Å²) in [6, 6.07) is 11.8. The van der Waals surface area contributed by atoms with E-state index < -0.39 is 15.9 Å². The minimum Gasteiger partial charge on any atom is -0.490 e. The molecule has 1 heterocycles. The van der Waals surface area contributed by atoms with Crippen molar-refractivity contribution in [2.45, 2.75) is 18.9 Å². The fourth-order valence-electron chi connectivity index (χ4n) is 3.64. The van der Waals surface area contributed by atoms with E-state index in [1.54, 1.807) is 30.3 Å². The van der Waals surface area contributed by atoms with Crippen LogP contribution in [0.25, 0.3) is 22.3 Å². The van der Waals surface area contributed by atoms with E-state index in [2.05, 4.69) is 15.9 Å². The Labute approximate surface area is 209 Å². The normalized spacial score (nSPS) is 17.9. The lowest BCUT2D eigenvalue weighted by molar-refractivity contribution is -0.132. The fraction of sp³-hybridized carbons (Fsp3) is 0.304. The Morgan fingerprint density at radius 1 is 1.21 bits per heavy atom. The molecule has 1 aromatic heterocycles. The van der Waals surface area contributed by atoms with Crippen molar-refractivity contribution in [3.63, 3.8) is 0 Å². The standard InChI is InChI=1S/C23H21BrClNO7S/c1-34(29,30)26-23(28)13-9-15(10-13)31-7-8-32-20-11-14(24)5-6-17(20)21-12-19(27)16-3-2-4-18(25)22(16)33-21/h2-6,11-13,15H,7-10H2,1H3,(H,26,28)/t13-,15-. The number of halogens is 2. The monoisotopic (exact) mass is 569 g/mol. The second-order valence-corrected chi connectivity index (χ2v) is 11.1. The quantitative estimate of drug-likeness (QED) is 0.405. The third kappa shape index (κ3) is 5.80. The van der Waals surface area contributed by atoms with Crippen molar-refractivity contribution in [2.75, 3.05) is 19.5 Å². The van der Waals surface area contributed by atoms with Gasteiger partial charge in [-0.1, -0.05) is 33.6 Å². The molecular formula is C23H21BrClNO7S. The maximum absolute atomic E-state index is 12.6. The number of benzene rings is 2. The Balaban J connectivity index is 1.39. The first-order valence-corrected chi connectivity index (χ1v) is 13.5. The molecule has 0 spiro atoms. The van der Waals surface area contributed by atoms with Crippen LogP contribution in [0.1, 0.15) is 12.8 Å². The minimum atomic E-state index is -3.56. The Morgan fingerprint density at radius 3 is 2.71 bits per heavy atom. The van der Waals surface area contributed by atoms with Crippen molar-refractivity contribution in [3.8, 4) is 17.1 Å². The first-order chi connectivity index (χ1) is 16.1. The summed E-state index contributed by atoms with van der Waals surface area (Å²) >= 11 is 9.65. The molecular weight excluding hydrogens is 550 g/mol. The van der Waals surface area contributed by atoms with E-state index in [0.29, 0.717) is 45.9 Å². The van der Waals surface area contributed by atoms with Crippen molar-refractivity contribution in [1.29, 1.82) is 0 Å². The smallest absolute Gasteiger partial charge is 0.236 e. The summed E-state index contributed by atoms with van der Waals surface area (Å²) in [5.74, 6) is -0.0615. The molecule has 180 valence electrons. The number of rotatable bonds is 8. The number of fused-ring (bicyclic) bond motifs is 1. The van der Waals surface area contributed by atoms with E-state index in [9.17, 15) is 18.0 Å². The van der Waals surface area contributed by atoms with Crippen LogP contribution < -0.4 is 14.9 Å². The summed E-state index contributed by atoms with van der Waals surface area (Å²) in [4.78, 5) is 24.4. The van der Waals surface area contributed by atoms with Crippen LogP contribution in [-0.4, -0.2) is 39.9 Å². The van der Waals surface area contributed by atoms with E-state index in [4.69, 9.17) is 25.5 Å². The highest BCUT2D eigenvalue weighted by Crippen LogP contribution is 2.35. The summed E-state index contributed by atoms with van der Waals surface area (Å²) < 4.78 is 42.6. The molecule has 0 saturated heterocycles. The largest absolute Gasteiger partial charge is 0.490 e. The number of para-hydroxylation sites is 1. The van der Waals surface area contributed by atoms with Crippen LogP contribution in [0.15, 0.2) is 56.1 Å². The lowest BCUT2D eigenvalue weighted by atomic mass is 9.82. The highest BCUT2D eigenvalue weighted by atomic mass is 79.9. The topological polar surface area (TPSA) is 112 Å². The van der Waals surface area contributed by atoms with E-state index in [0.717, 1.165) is 10.7 Å². The van der Waals surface area contributed by atoms with Gasteiger partial charge in [0.1, 0.15) is 18.1 Å². The van der Waals surface area contributed by atoms with Crippen molar-refractivity contribution in [1.82, 2.24) is 4.72 Å². The van der Waals surface area contributed by atoms with Gasteiger partial charge in [0.05, 0.1) is 34.9 Å². The molecule has 1 fully saturated rings. The zero-order valence-corrected chi connectivity index (χ0v) is 21.2. The van der Waals surface area contributed by atoms with Crippen molar-refractivity contribution in [3.05, 3.63) is 62.2 Å². The SMILES string of the molecule is CS(=O)(=O)NC(=O)[C@H]1C[C@H](OCCOc2cc(Br)ccc2-c2cc(=O)c3cccc(Cl)c3o2)C1. The molecule has 8 nitrogen and oxygen atoms in total. The van der Waals surface area contributed by atoms with Crippen LogP contribution in [-0.2, 0) is 19.6 Å². The van der Waals surface area contributed by atoms with Gasteiger partial charge < -0.3 is 13.9 Å². The third-order valence-corrected chi connectivity index (χ3v) is 6.72. The maximum Gasteiger partial charge on any atom is 0.236 e. The number of sulfonamides is 1. The summed E-state index contributed by atoms with van der Waals surface area (Å²) in [6.45, 7) is 0.489. The Kier molecular flexibility index (Phi) is 7.32. The van der Waals surface area contributed by atoms with Gasteiger partial charge in [0.25, 0.3) is 0 Å². The molecule has 34 heavy (non-hydrogen) atoms. The molecule has 0 unspecified atom stereocenters. The van der Waals surface area contributed by atoms with Gasteiger partial charge in [-0.05, 0) is 43.2 Å². The lowest BCUT2D eigenvalue weighted by Gasteiger charge is -2.33. The van der Waals surface area contributed by atoms with Gasteiger partial charge in [0.2, 0.25) is 15.9 Å². The second-order valence-electron chi connectivity index (χ2n) is 7.98. The first-order valence-electron chi connectivity index (χ1n) is 10.4. The van der Waals surface area contributed by atoms with Gasteiger partial charge in [0.15, 0.2) is 11.0 Å². The molecule has 1 N–H and O–H groups in total. The van der Waals surface area contributed by atoms with Gasteiger partial charge in [0, 0.05) is 16.5 Å². The van der Waals surface area contributed by atoms with E-state index in [1.807, 2.05) is 10.8 Å². The summed E-state index contributed by atoms with van der Waals surface area (Å²) in [6.07, 6.45) is 1.71. The lowest BCUT2D eigenvalue weighted by Crippen LogP contribution is -2.44. The molecule has 11 heteroatoms. The van der Waals surface area contributed by atoms with E-state index in [-0.39, 0.29) is 30.7 Å². The van der Waals surface area contributed by atoms with E-state index in [1.165, 1.54) is 6.07 Å². The number of carbonyl (C=O) groups excluding carboxylic acids is 1. The molecule has 0 bridgehead atoms.